The zero-order chi connectivity index (χ0) is 13.4. The van der Waals surface area contributed by atoms with Crippen molar-refractivity contribution in [3.63, 3.8) is 0 Å². The molecule has 19 heavy (non-hydrogen) atoms. The zero-order valence-electron chi connectivity index (χ0n) is 10.3. The highest BCUT2D eigenvalue weighted by molar-refractivity contribution is 6.30. The topological polar surface area (TPSA) is 68.8 Å². The van der Waals surface area contributed by atoms with Gasteiger partial charge >= 0.3 is 0 Å². The number of anilines is 2. The molecule has 3 aromatic rings. The normalized spacial score (nSPS) is 10.8. The highest BCUT2D eigenvalue weighted by Gasteiger charge is 2.10. The van der Waals surface area contributed by atoms with Gasteiger partial charge < -0.3 is 11.1 Å². The van der Waals surface area contributed by atoms with Gasteiger partial charge in [0.15, 0.2) is 5.82 Å². The third-order valence-electron chi connectivity index (χ3n) is 2.90. The standard InChI is InChI=1S/C13H12ClN5/c1-16-10-6-8(14)7-17-13(10)19-5-4-9-11(19)2-3-12(15)18-9/h2-7,16H,1H3,(H2,15,18). The second-order valence-electron chi connectivity index (χ2n) is 4.10. The minimum Gasteiger partial charge on any atom is -0.385 e. The van der Waals surface area contributed by atoms with E-state index in [0.717, 1.165) is 22.5 Å². The van der Waals surface area contributed by atoms with E-state index in [0.29, 0.717) is 10.8 Å². The van der Waals surface area contributed by atoms with Crippen molar-refractivity contribution < 1.29 is 0 Å². The Morgan fingerprint density at radius 2 is 2.16 bits per heavy atom. The fourth-order valence-electron chi connectivity index (χ4n) is 2.03. The summed E-state index contributed by atoms with van der Waals surface area (Å²) in [6.45, 7) is 0. The van der Waals surface area contributed by atoms with Crippen LogP contribution in [0.15, 0.2) is 36.7 Å². The summed E-state index contributed by atoms with van der Waals surface area (Å²) in [6, 6.07) is 7.43. The number of nitrogen functional groups attached to an aromatic ring is 1. The Balaban J connectivity index is 2.24. The van der Waals surface area contributed by atoms with Crippen LogP contribution in [0.1, 0.15) is 0 Å². The number of hydrogen-bond acceptors (Lipinski definition) is 4. The Labute approximate surface area is 115 Å². The molecule has 0 unspecified atom stereocenters. The van der Waals surface area contributed by atoms with E-state index in [1.165, 1.54) is 0 Å². The van der Waals surface area contributed by atoms with E-state index < -0.39 is 0 Å². The monoisotopic (exact) mass is 273 g/mol. The van der Waals surface area contributed by atoms with E-state index in [-0.39, 0.29) is 0 Å². The second kappa shape index (κ2) is 4.44. The molecule has 3 heterocycles. The van der Waals surface area contributed by atoms with Gasteiger partial charge in [-0.3, -0.25) is 4.57 Å². The Kier molecular flexibility index (Phi) is 2.76. The van der Waals surface area contributed by atoms with Crippen molar-refractivity contribution in [2.45, 2.75) is 0 Å². The number of halogens is 1. The average Bonchev–Trinajstić information content (AvgIpc) is 2.81. The predicted molar refractivity (Wildman–Crippen MR) is 77.8 cm³/mol. The summed E-state index contributed by atoms with van der Waals surface area (Å²) in [5.41, 5.74) is 8.31. The van der Waals surface area contributed by atoms with Crippen molar-refractivity contribution in [1.82, 2.24) is 14.5 Å². The first-order valence-electron chi connectivity index (χ1n) is 5.76. The number of nitrogens with zero attached hydrogens (tertiary/aromatic N) is 3. The van der Waals surface area contributed by atoms with Crippen LogP contribution in [0.25, 0.3) is 16.9 Å². The van der Waals surface area contributed by atoms with E-state index in [9.17, 15) is 0 Å². The molecule has 3 aromatic heterocycles. The van der Waals surface area contributed by atoms with E-state index >= 15 is 0 Å². The van der Waals surface area contributed by atoms with E-state index in [2.05, 4.69) is 15.3 Å². The molecule has 96 valence electrons. The quantitative estimate of drug-likeness (QED) is 0.753. The fourth-order valence-corrected chi connectivity index (χ4v) is 2.19. The molecule has 3 N–H and O–H groups in total. The summed E-state index contributed by atoms with van der Waals surface area (Å²) < 4.78 is 1.95. The summed E-state index contributed by atoms with van der Waals surface area (Å²) >= 11 is 5.96. The van der Waals surface area contributed by atoms with Gasteiger partial charge in [0, 0.05) is 19.4 Å². The van der Waals surface area contributed by atoms with Gasteiger partial charge in [-0.25, -0.2) is 9.97 Å². The summed E-state index contributed by atoms with van der Waals surface area (Å²) in [5, 5.41) is 3.68. The third kappa shape index (κ3) is 1.98. The molecule has 0 saturated heterocycles. The summed E-state index contributed by atoms with van der Waals surface area (Å²) in [6.07, 6.45) is 3.53. The van der Waals surface area contributed by atoms with Crippen molar-refractivity contribution >= 4 is 34.1 Å². The third-order valence-corrected chi connectivity index (χ3v) is 3.10. The van der Waals surface area contributed by atoms with Crippen LogP contribution in [-0.4, -0.2) is 21.6 Å². The van der Waals surface area contributed by atoms with Crippen LogP contribution >= 0.6 is 11.6 Å². The zero-order valence-corrected chi connectivity index (χ0v) is 11.0. The van der Waals surface area contributed by atoms with Gasteiger partial charge in [-0.15, -0.1) is 0 Å². The van der Waals surface area contributed by atoms with Crippen LogP contribution in [0.3, 0.4) is 0 Å². The van der Waals surface area contributed by atoms with Gasteiger partial charge in [0.05, 0.1) is 21.7 Å². The minimum absolute atomic E-state index is 0.503. The Morgan fingerprint density at radius 3 is 2.95 bits per heavy atom. The highest BCUT2D eigenvalue weighted by Crippen LogP contribution is 2.25. The van der Waals surface area contributed by atoms with Crippen molar-refractivity contribution in [3.05, 3.63) is 41.7 Å². The molecule has 0 radical (unpaired) electrons. The van der Waals surface area contributed by atoms with Crippen LogP contribution in [0.5, 0.6) is 0 Å². The van der Waals surface area contributed by atoms with Crippen molar-refractivity contribution in [3.8, 4) is 5.82 Å². The first-order chi connectivity index (χ1) is 9.19. The molecule has 0 aromatic carbocycles. The summed E-state index contributed by atoms with van der Waals surface area (Å²) in [4.78, 5) is 8.65. The van der Waals surface area contributed by atoms with E-state index in [1.54, 1.807) is 12.3 Å². The molecular formula is C13H12ClN5. The molecule has 6 heteroatoms. The number of nitrogens with two attached hydrogens (primary N) is 1. The van der Waals surface area contributed by atoms with Crippen LogP contribution in [0.4, 0.5) is 11.5 Å². The number of pyridine rings is 2. The molecule has 3 rings (SSSR count). The molecule has 0 spiro atoms. The Hall–Kier alpha value is -2.27. The Bertz CT molecular complexity index is 750. The maximum absolute atomic E-state index is 5.96. The first kappa shape index (κ1) is 11.8. The van der Waals surface area contributed by atoms with Gasteiger partial charge in [0.2, 0.25) is 0 Å². The average molecular weight is 274 g/mol. The Morgan fingerprint density at radius 1 is 1.32 bits per heavy atom. The van der Waals surface area contributed by atoms with Gasteiger partial charge in [-0.1, -0.05) is 11.6 Å². The van der Waals surface area contributed by atoms with Crippen molar-refractivity contribution in [2.24, 2.45) is 0 Å². The fraction of sp³-hybridized carbons (Fsp3) is 0.0769. The van der Waals surface area contributed by atoms with Gasteiger partial charge in [-0.2, -0.15) is 0 Å². The first-order valence-corrected chi connectivity index (χ1v) is 6.14. The smallest absolute Gasteiger partial charge is 0.160 e. The number of nitrogens with one attached hydrogen (secondary N) is 1. The van der Waals surface area contributed by atoms with Crippen LogP contribution in [0.2, 0.25) is 5.02 Å². The lowest BCUT2D eigenvalue weighted by atomic mass is 10.3. The molecule has 0 saturated carbocycles. The van der Waals surface area contributed by atoms with Gasteiger partial charge in [-0.05, 0) is 24.3 Å². The lowest BCUT2D eigenvalue weighted by molar-refractivity contribution is 1.04. The molecule has 0 fully saturated rings. The summed E-state index contributed by atoms with van der Waals surface area (Å²) in [5.74, 6) is 1.27. The SMILES string of the molecule is CNc1cc(Cl)cnc1-n1ccc2nc(N)ccc21. The number of aromatic nitrogens is 3. The number of fused-ring (bicyclic) bond motifs is 1. The van der Waals surface area contributed by atoms with Gasteiger partial charge in [0.1, 0.15) is 5.82 Å². The molecule has 5 nitrogen and oxygen atoms in total. The van der Waals surface area contributed by atoms with Crippen LogP contribution < -0.4 is 11.1 Å². The summed E-state index contributed by atoms with van der Waals surface area (Å²) in [7, 11) is 1.83. The lowest BCUT2D eigenvalue weighted by Crippen LogP contribution is -2.02. The molecular weight excluding hydrogens is 262 g/mol. The highest BCUT2D eigenvalue weighted by atomic mass is 35.5. The van der Waals surface area contributed by atoms with Gasteiger partial charge in [0.25, 0.3) is 0 Å². The number of rotatable bonds is 2. The lowest BCUT2D eigenvalue weighted by Gasteiger charge is -2.10. The molecule has 0 atom stereocenters. The molecule has 0 aliphatic carbocycles. The molecule has 0 aliphatic rings. The van der Waals surface area contributed by atoms with E-state index in [4.69, 9.17) is 17.3 Å². The minimum atomic E-state index is 0.503. The molecule has 0 bridgehead atoms. The molecule has 0 amide bonds. The second-order valence-corrected chi connectivity index (χ2v) is 4.54. The number of hydrogen-bond donors (Lipinski definition) is 2. The largest absolute Gasteiger partial charge is 0.385 e. The van der Waals surface area contributed by atoms with Crippen molar-refractivity contribution in [2.75, 3.05) is 18.1 Å². The van der Waals surface area contributed by atoms with Crippen LogP contribution in [0, 0.1) is 0 Å². The van der Waals surface area contributed by atoms with Crippen LogP contribution in [-0.2, 0) is 0 Å². The maximum atomic E-state index is 5.96. The molecule has 0 aliphatic heterocycles. The van der Waals surface area contributed by atoms with Crippen molar-refractivity contribution in [1.29, 1.82) is 0 Å². The predicted octanol–water partition coefficient (Wildman–Crippen LogP) is 2.70. The van der Waals surface area contributed by atoms with E-state index in [1.807, 2.05) is 36.0 Å². The maximum Gasteiger partial charge on any atom is 0.160 e.